The maximum atomic E-state index is 12.9. The van der Waals surface area contributed by atoms with Gasteiger partial charge in [-0.25, -0.2) is 16.8 Å². The quantitative estimate of drug-likeness (QED) is 0.0795. The second kappa shape index (κ2) is 17.2. The number of carbonyl (C=O) groups is 1. The Morgan fingerprint density at radius 1 is 0.980 bits per heavy atom. The molecule has 4 aliphatic carbocycles. The summed E-state index contributed by atoms with van der Waals surface area (Å²) in [6, 6.07) is 0. The summed E-state index contributed by atoms with van der Waals surface area (Å²) in [5, 5.41) is 32.2. The third kappa shape index (κ3) is 9.74. The van der Waals surface area contributed by atoms with Gasteiger partial charge in [0.25, 0.3) is 0 Å². The van der Waals surface area contributed by atoms with E-state index < -0.39 is 75.2 Å². The molecule has 1 heterocycles. The van der Waals surface area contributed by atoms with Crippen LogP contribution in [-0.4, -0.2) is 96.1 Å². The number of Topliss-reactive ketones (excluding diaryl/α,β-unsaturated/α-hetero) is 1. The first-order valence-electron chi connectivity index (χ1n) is 17.4. The van der Waals surface area contributed by atoms with Crippen molar-refractivity contribution in [2.45, 2.75) is 142 Å². The maximum absolute atomic E-state index is 12.9. The van der Waals surface area contributed by atoms with Gasteiger partial charge in [-0.2, -0.15) is 0 Å². The van der Waals surface area contributed by atoms with Gasteiger partial charge in [0.15, 0.2) is 12.1 Å². The van der Waals surface area contributed by atoms with Crippen molar-refractivity contribution in [1.29, 1.82) is 0 Å². The number of carbonyl (C=O) groups excluding carboxylic acids is 1. The van der Waals surface area contributed by atoms with E-state index in [4.69, 9.17) is 13.7 Å². The second-order valence-electron chi connectivity index (χ2n) is 16.1. The first-order chi connectivity index (χ1) is 22.6. The summed E-state index contributed by atoms with van der Waals surface area (Å²) in [4.78, 5) is 12.9. The fraction of sp³-hybridized carbons (Fsp3) is 0.909. The van der Waals surface area contributed by atoms with Gasteiger partial charge in [0.2, 0.25) is 20.8 Å². The Bertz CT molecular complexity index is 1490. The average Bonchev–Trinajstić information content (AvgIpc) is 3.34. The molecule has 282 valence electrons. The average molecular weight is 783 g/mol. The molecule has 5 aliphatic rings. The SMILES string of the molecule is CC(C)C(O)C(=O)C[C@@H](C)[C@H]1CC[C@H]2[C@@H]3C[C@H](O[C@@H]4O[C@H](C)[C@@H](OS(=O)(=O)[O-])[C@H](O)[C@H]4O)C4C[C@@H](OS(=O)(=O)[O-])CC[C@]4(C)C3=CC[C@]12C.[Na+].[Na+]. The molecule has 15 atom stereocenters. The van der Waals surface area contributed by atoms with Gasteiger partial charge in [0.05, 0.1) is 18.3 Å². The first kappa shape index (κ1) is 46.3. The van der Waals surface area contributed by atoms with E-state index in [9.17, 15) is 46.1 Å². The molecule has 0 aromatic heterocycles. The molecule has 51 heavy (non-hydrogen) atoms. The fourth-order valence-electron chi connectivity index (χ4n) is 10.4. The van der Waals surface area contributed by atoms with Gasteiger partial charge < -0.3 is 33.9 Å². The van der Waals surface area contributed by atoms with Gasteiger partial charge in [-0.3, -0.25) is 13.2 Å². The molecule has 4 fully saturated rings. The number of ether oxygens (including phenoxy) is 2. The van der Waals surface area contributed by atoms with Gasteiger partial charge in [-0.15, -0.1) is 0 Å². The Morgan fingerprint density at radius 3 is 2.20 bits per heavy atom. The molecular formula is C33H52Na2O14S2. The van der Waals surface area contributed by atoms with Crippen molar-refractivity contribution >= 4 is 26.6 Å². The van der Waals surface area contributed by atoms with Crippen LogP contribution in [0.4, 0.5) is 0 Å². The predicted octanol–water partition coefficient (Wildman–Crippen LogP) is -3.66. The van der Waals surface area contributed by atoms with Crippen LogP contribution in [0.1, 0.15) is 92.9 Å². The molecule has 0 bridgehead atoms. The Labute approximate surface area is 346 Å². The van der Waals surface area contributed by atoms with Crippen molar-refractivity contribution in [1.82, 2.24) is 0 Å². The van der Waals surface area contributed by atoms with E-state index in [1.807, 2.05) is 13.8 Å². The van der Waals surface area contributed by atoms with E-state index in [0.717, 1.165) is 19.3 Å². The monoisotopic (exact) mass is 782 g/mol. The third-order valence-electron chi connectivity index (χ3n) is 12.8. The maximum Gasteiger partial charge on any atom is 1.00 e. The predicted molar refractivity (Wildman–Crippen MR) is 171 cm³/mol. The number of allylic oxidation sites excluding steroid dienone is 2. The van der Waals surface area contributed by atoms with Crippen LogP contribution in [0.15, 0.2) is 11.6 Å². The molecular weight excluding hydrogens is 730 g/mol. The zero-order valence-electron chi connectivity index (χ0n) is 31.0. The zero-order chi connectivity index (χ0) is 36.4. The van der Waals surface area contributed by atoms with Gasteiger partial charge >= 0.3 is 59.1 Å². The number of hydrogen-bond donors (Lipinski definition) is 3. The van der Waals surface area contributed by atoms with Crippen LogP contribution in [0.3, 0.4) is 0 Å². The summed E-state index contributed by atoms with van der Waals surface area (Å²) in [5.41, 5.74) is 0.603. The topological polar surface area (TPSA) is 229 Å². The Kier molecular flexibility index (Phi) is 15.6. The number of rotatable bonds is 11. The summed E-state index contributed by atoms with van der Waals surface area (Å²) < 4.78 is 90.3. The largest absolute Gasteiger partial charge is 1.00 e. The van der Waals surface area contributed by atoms with Crippen LogP contribution in [0, 0.1) is 46.3 Å². The third-order valence-corrected chi connectivity index (χ3v) is 13.8. The van der Waals surface area contributed by atoms with E-state index >= 15 is 0 Å². The molecule has 2 unspecified atom stereocenters. The molecule has 14 nitrogen and oxygen atoms in total. The molecule has 0 spiro atoms. The number of hydrogen-bond acceptors (Lipinski definition) is 14. The van der Waals surface area contributed by atoms with Gasteiger partial charge in [-0.05, 0) is 98.2 Å². The molecule has 5 rings (SSSR count). The van der Waals surface area contributed by atoms with Crippen LogP contribution in [-0.2, 0) is 43.4 Å². The molecule has 1 saturated heterocycles. The van der Waals surface area contributed by atoms with E-state index in [1.54, 1.807) is 0 Å². The van der Waals surface area contributed by atoms with Gasteiger partial charge in [-0.1, -0.05) is 46.3 Å². The second-order valence-corrected chi connectivity index (χ2v) is 18.1. The molecule has 3 N–H and O–H groups in total. The first-order valence-corrected chi connectivity index (χ1v) is 20.1. The smallest absolute Gasteiger partial charge is 0.726 e. The molecule has 1 aliphatic heterocycles. The van der Waals surface area contributed by atoms with Crippen LogP contribution >= 0.6 is 0 Å². The van der Waals surface area contributed by atoms with E-state index in [2.05, 4.69) is 31.0 Å². The van der Waals surface area contributed by atoms with Crippen LogP contribution in [0.5, 0.6) is 0 Å². The fourth-order valence-corrected chi connectivity index (χ4v) is 11.4. The van der Waals surface area contributed by atoms with Crippen LogP contribution < -0.4 is 59.1 Å². The van der Waals surface area contributed by atoms with Crippen LogP contribution in [0.2, 0.25) is 0 Å². The Balaban J connectivity index is 0.00000351. The van der Waals surface area contributed by atoms with Gasteiger partial charge in [0, 0.05) is 6.42 Å². The summed E-state index contributed by atoms with van der Waals surface area (Å²) in [5.74, 6) is -0.161. The zero-order valence-corrected chi connectivity index (χ0v) is 36.6. The summed E-state index contributed by atoms with van der Waals surface area (Å²) in [6.07, 6.45) is -3.74. The summed E-state index contributed by atoms with van der Waals surface area (Å²) in [6.45, 7) is 11.5. The number of fused-ring (bicyclic) bond motifs is 5. The van der Waals surface area contributed by atoms with Crippen molar-refractivity contribution < 1.29 is 123 Å². The standard InChI is InChI=1S/C33H54O14S2.2Na/c1-16(2)27(35)25(34)13-17(3)21-7-8-22-20-15-26(45-31-29(37)28(36)30(18(4)44-31)47-49(41,42)43)24-14-19(46-48(38,39)40)9-11-33(24,6)23(20)10-12-32(21,22)5;;/h10,16-22,24,26-31,35-37H,7-9,11-15H2,1-6H3,(H,38,39,40)(H,41,42,43);;/q;2*+1/p-2/t17-,18-,19+,20+,21-,22+,24?,26+,27?,28-,29-,30-,31+,32-,33-;;/m1../s1. The number of ketones is 1. The molecule has 0 amide bonds. The van der Waals surface area contributed by atoms with Crippen molar-refractivity contribution in [3.8, 4) is 0 Å². The number of aliphatic hydroxyl groups is 3. The Hall–Kier alpha value is 0.950. The summed E-state index contributed by atoms with van der Waals surface area (Å²) in [7, 11) is -10.2. The van der Waals surface area contributed by atoms with Crippen molar-refractivity contribution in [2.75, 3.05) is 0 Å². The van der Waals surface area contributed by atoms with E-state index in [0.29, 0.717) is 25.7 Å². The normalized spacial score (nSPS) is 42.3. The molecule has 0 aromatic rings. The van der Waals surface area contributed by atoms with Crippen molar-refractivity contribution in [3.63, 3.8) is 0 Å². The minimum atomic E-state index is -5.22. The summed E-state index contributed by atoms with van der Waals surface area (Å²) >= 11 is 0. The minimum absolute atomic E-state index is 0. The molecule has 18 heteroatoms. The van der Waals surface area contributed by atoms with E-state index in [-0.39, 0.29) is 112 Å². The molecule has 0 aromatic carbocycles. The minimum Gasteiger partial charge on any atom is -0.726 e. The number of aliphatic hydroxyl groups excluding tert-OH is 3. The van der Waals surface area contributed by atoms with Gasteiger partial charge in [0.1, 0.15) is 24.4 Å². The van der Waals surface area contributed by atoms with Crippen molar-refractivity contribution in [3.05, 3.63) is 11.6 Å². The molecule has 0 radical (unpaired) electrons. The Morgan fingerprint density at radius 2 is 1.61 bits per heavy atom. The molecule has 3 saturated carbocycles. The van der Waals surface area contributed by atoms with Crippen LogP contribution in [0.25, 0.3) is 0 Å². The van der Waals surface area contributed by atoms with Crippen molar-refractivity contribution in [2.24, 2.45) is 46.3 Å². The van der Waals surface area contributed by atoms with E-state index in [1.165, 1.54) is 12.5 Å².